The van der Waals surface area contributed by atoms with E-state index in [-0.39, 0.29) is 22.8 Å². The van der Waals surface area contributed by atoms with Crippen LogP contribution < -0.4 is 15.9 Å². The quantitative estimate of drug-likeness (QED) is 0.334. The van der Waals surface area contributed by atoms with Crippen LogP contribution in [-0.2, 0) is 0 Å². The zero-order valence-electron chi connectivity index (χ0n) is 3.44. The number of hydrogen-bond acceptors (Lipinski definition) is 3. The van der Waals surface area contributed by atoms with Crippen molar-refractivity contribution in [2.24, 2.45) is 0 Å². The minimum absolute atomic E-state index is 0. The van der Waals surface area contributed by atoms with Crippen LogP contribution in [0.2, 0.25) is 0 Å². The molecule has 8 heteroatoms. The molecule has 0 heterocycles. The summed E-state index contributed by atoms with van der Waals surface area (Å²) >= 11 is 0. The van der Waals surface area contributed by atoms with Gasteiger partial charge in [-0.2, -0.15) is 0 Å². The van der Waals surface area contributed by atoms with Crippen LogP contribution in [0.3, 0.4) is 0 Å². The van der Waals surface area contributed by atoms with Crippen LogP contribution in [0.25, 0.3) is 0 Å². The summed E-state index contributed by atoms with van der Waals surface area (Å²) in [6, 6.07) is 0. The van der Waals surface area contributed by atoms with Crippen molar-refractivity contribution in [1.82, 2.24) is 0 Å². The summed E-state index contributed by atoms with van der Waals surface area (Å²) in [7, 11) is 0. The zero-order valence-corrected chi connectivity index (χ0v) is 4.59. The summed E-state index contributed by atoms with van der Waals surface area (Å²) in [4.78, 5) is 0. The van der Waals surface area contributed by atoms with E-state index in [9.17, 15) is 0 Å². The molecule has 0 amide bonds. The third-order valence-corrected chi connectivity index (χ3v) is 0. The van der Waals surface area contributed by atoms with Gasteiger partial charge in [-0.05, 0) is 0 Å². The van der Waals surface area contributed by atoms with Gasteiger partial charge in [-0.15, -0.1) is 0 Å². The standard InChI is InChI=1S/Al.3FO.H2O/c;3*1-2;/h;;;;1H2/q+3;3*-1;. The maximum atomic E-state index is 8.25. The summed E-state index contributed by atoms with van der Waals surface area (Å²) < 4.78 is 24.8. The molecule has 0 radical (unpaired) electrons. The first kappa shape index (κ1) is 41.9. The second kappa shape index (κ2) is 10300. The fourth-order valence-electron chi connectivity index (χ4n) is 0. The van der Waals surface area contributed by atoms with Gasteiger partial charge in [0.25, 0.3) is 0 Å². The van der Waals surface area contributed by atoms with Gasteiger partial charge in [0.1, 0.15) is 0 Å². The van der Waals surface area contributed by atoms with Crippen LogP contribution in [0.1, 0.15) is 0 Å². The molecule has 0 aromatic carbocycles. The summed E-state index contributed by atoms with van der Waals surface area (Å²) in [5, 5.41) is 20.2. The maximum Gasteiger partial charge on any atom is 3.00 e. The van der Waals surface area contributed by atoms with Gasteiger partial charge < -0.3 is 35.0 Å². The predicted molar refractivity (Wildman–Crippen MR) is 12.7 cm³/mol. The van der Waals surface area contributed by atoms with Crippen LogP contribution in [0, 0.1) is 0 Å². The Bertz CT molecular complexity index is 11.2. The van der Waals surface area contributed by atoms with Crippen molar-refractivity contribution in [3.05, 3.63) is 0 Å². The normalized spacial score (nSPS) is 2.25. The van der Waals surface area contributed by atoms with Gasteiger partial charge in [-0.25, -0.2) is 0 Å². The van der Waals surface area contributed by atoms with Crippen molar-refractivity contribution < 1.29 is 35.0 Å². The Morgan fingerprint density at radius 3 is 0.625 bits per heavy atom. The monoisotopic (exact) mass is 150 g/mol. The SMILES string of the molecule is O.[Al+3].[O-]F.[O-]F.[O-]F. The van der Waals surface area contributed by atoms with E-state index in [1.54, 1.807) is 0 Å². The van der Waals surface area contributed by atoms with E-state index in [1.165, 1.54) is 0 Å². The fourth-order valence-corrected chi connectivity index (χ4v) is 0. The Kier molecular flexibility index (Phi) is 53900. The zero-order chi connectivity index (χ0) is 6.00. The van der Waals surface area contributed by atoms with E-state index >= 15 is 0 Å². The van der Waals surface area contributed by atoms with Gasteiger partial charge in [0.2, 0.25) is 0 Å². The third kappa shape index (κ3) is 6220. The molecule has 0 atom stereocenters. The Hall–Kier alpha value is 0.162. The first-order valence-corrected chi connectivity index (χ1v) is 0.463. The number of hydrogen-bond donors (Lipinski definition) is 0. The van der Waals surface area contributed by atoms with E-state index in [0.717, 1.165) is 0 Å². The van der Waals surface area contributed by atoms with E-state index in [4.69, 9.17) is 29.5 Å². The van der Waals surface area contributed by atoms with Crippen LogP contribution in [0.15, 0.2) is 0 Å². The first-order chi connectivity index (χ1) is 3.00. The number of rotatable bonds is 0. The third-order valence-electron chi connectivity index (χ3n) is 0. The van der Waals surface area contributed by atoms with Crippen LogP contribution in [-0.4, -0.2) is 22.8 Å². The van der Waals surface area contributed by atoms with Crippen LogP contribution >= 0.6 is 0 Å². The summed E-state index contributed by atoms with van der Waals surface area (Å²) in [5.41, 5.74) is 0. The maximum absolute atomic E-state index is 8.25. The van der Waals surface area contributed by atoms with Crippen molar-refractivity contribution in [2.45, 2.75) is 0 Å². The van der Waals surface area contributed by atoms with E-state index in [2.05, 4.69) is 0 Å². The van der Waals surface area contributed by atoms with Gasteiger partial charge in [-0.1, -0.05) is 0 Å². The smallest absolute Gasteiger partial charge is 0.682 e. The molecule has 2 N–H and O–H groups in total. The van der Waals surface area contributed by atoms with Crippen molar-refractivity contribution in [2.75, 3.05) is 0 Å². The van der Waals surface area contributed by atoms with Crippen LogP contribution in [0.5, 0.6) is 0 Å². The molecule has 0 aromatic rings. The molecule has 0 aliphatic carbocycles. The largest absolute Gasteiger partial charge is 3.00 e. The summed E-state index contributed by atoms with van der Waals surface area (Å²) in [6.45, 7) is 0. The molecule has 0 bridgehead atoms. The molecule has 50 valence electrons. The van der Waals surface area contributed by atoms with Crippen molar-refractivity contribution in [3.63, 3.8) is 0 Å². The van der Waals surface area contributed by atoms with E-state index < -0.39 is 0 Å². The Morgan fingerprint density at radius 1 is 0.625 bits per heavy atom. The van der Waals surface area contributed by atoms with Gasteiger partial charge in [0.15, 0.2) is 0 Å². The molecule has 0 rings (SSSR count). The van der Waals surface area contributed by atoms with Crippen molar-refractivity contribution in [1.29, 1.82) is 0 Å². The van der Waals surface area contributed by atoms with Crippen LogP contribution in [0.4, 0.5) is 13.6 Å². The van der Waals surface area contributed by atoms with Gasteiger partial charge in [0.05, 0.1) is 0 Å². The van der Waals surface area contributed by atoms with Crippen molar-refractivity contribution >= 4 is 17.4 Å². The summed E-state index contributed by atoms with van der Waals surface area (Å²) in [6.07, 6.45) is 0. The summed E-state index contributed by atoms with van der Waals surface area (Å²) in [5.74, 6) is 0. The second-order valence-corrected chi connectivity index (χ2v) is 0. The topological polar surface area (TPSA) is 101 Å². The van der Waals surface area contributed by atoms with E-state index in [1.807, 2.05) is 0 Å². The van der Waals surface area contributed by atoms with Gasteiger partial charge in [0, 0.05) is 0 Å². The van der Waals surface area contributed by atoms with Crippen molar-refractivity contribution in [3.8, 4) is 0 Å². The predicted octanol–water partition coefficient (Wildman–Crippen LogP) is -3.51. The minimum atomic E-state index is 0. The average Bonchev–Trinajstić information content (AvgIpc) is 1.81. The molecule has 0 aliphatic rings. The molecule has 8 heavy (non-hydrogen) atoms. The molecule has 0 unspecified atom stereocenters. The van der Waals surface area contributed by atoms with Gasteiger partial charge >= 0.3 is 17.4 Å². The molecular formula is H2AlF3O4. The molecule has 0 aromatic heterocycles. The van der Waals surface area contributed by atoms with E-state index in [0.29, 0.717) is 0 Å². The number of halogens is 3. The Labute approximate surface area is 53.3 Å². The average molecular weight is 150 g/mol. The van der Waals surface area contributed by atoms with Gasteiger partial charge in [-0.3, -0.25) is 0 Å². The molecule has 0 fully saturated rings. The molecule has 4 nitrogen and oxygen atoms in total. The fraction of sp³-hybridized carbons (Fsp3) is 0. The molecular weight excluding hydrogens is 148 g/mol. The molecule has 0 aliphatic heterocycles. The second-order valence-electron chi connectivity index (χ2n) is 0. The Morgan fingerprint density at radius 2 is 0.625 bits per heavy atom. The Balaban J connectivity index is -0.00000000500. The molecule has 0 spiro atoms. The first-order valence-electron chi connectivity index (χ1n) is 0.463. The minimum Gasteiger partial charge on any atom is -0.682 e. The molecule has 0 saturated carbocycles. The molecule has 0 saturated heterocycles.